The lowest BCUT2D eigenvalue weighted by atomic mass is 10.0. The van der Waals surface area contributed by atoms with Crippen molar-refractivity contribution in [3.63, 3.8) is 0 Å². The Kier molecular flexibility index (Phi) is 7.67. The Morgan fingerprint density at radius 3 is 1.50 bits per heavy atom. The predicted molar refractivity (Wildman–Crippen MR) is 138 cm³/mol. The van der Waals surface area contributed by atoms with E-state index in [1.165, 1.54) is 38.9 Å². The number of amides is 2. The molecule has 0 spiro atoms. The molecular formula is C28H24N2O6. The van der Waals surface area contributed by atoms with Gasteiger partial charge in [-0.1, -0.05) is 12.1 Å². The fourth-order valence-corrected chi connectivity index (χ4v) is 3.38. The molecule has 0 bridgehead atoms. The molecule has 8 nitrogen and oxygen atoms in total. The number of rotatable bonds is 9. The Labute approximate surface area is 207 Å². The molecule has 182 valence electrons. The summed E-state index contributed by atoms with van der Waals surface area (Å²) in [5, 5.41) is 5.60. The fraction of sp³-hybridized carbons (Fsp3) is 0.0714. The molecule has 2 N–H and O–H groups in total. The van der Waals surface area contributed by atoms with Gasteiger partial charge in [0.25, 0.3) is 0 Å². The van der Waals surface area contributed by atoms with E-state index in [1.807, 2.05) is 24.3 Å². The van der Waals surface area contributed by atoms with E-state index in [4.69, 9.17) is 18.3 Å². The average Bonchev–Trinajstić information content (AvgIpc) is 3.61. The van der Waals surface area contributed by atoms with E-state index in [9.17, 15) is 9.59 Å². The van der Waals surface area contributed by atoms with E-state index in [-0.39, 0.29) is 11.8 Å². The molecule has 4 aromatic rings. The molecule has 2 amide bonds. The lowest BCUT2D eigenvalue weighted by Crippen LogP contribution is -2.09. The van der Waals surface area contributed by atoms with Crippen molar-refractivity contribution in [2.24, 2.45) is 0 Å². The lowest BCUT2D eigenvalue weighted by molar-refractivity contribution is -0.112. The first-order valence-electron chi connectivity index (χ1n) is 11.0. The van der Waals surface area contributed by atoms with Crippen molar-refractivity contribution in [2.75, 3.05) is 24.9 Å². The Balaban J connectivity index is 1.48. The zero-order valence-electron chi connectivity index (χ0n) is 19.7. The number of furan rings is 2. The van der Waals surface area contributed by atoms with Gasteiger partial charge in [0, 0.05) is 12.2 Å². The number of hydrogen-bond acceptors (Lipinski definition) is 6. The zero-order chi connectivity index (χ0) is 25.3. The van der Waals surface area contributed by atoms with E-state index in [2.05, 4.69) is 10.6 Å². The van der Waals surface area contributed by atoms with Crippen LogP contribution < -0.4 is 20.1 Å². The number of carbonyl (C=O) groups is 2. The summed E-state index contributed by atoms with van der Waals surface area (Å²) in [5.74, 6) is 1.50. The molecule has 8 heteroatoms. The largest absolute Gasteiger partial charge is 0.495 e. The minimum atomic E-state index is -0.319. The Morgan fingerprint density at radius 1 is 0.694 bits per heavy atom. The summed E-state index contributed by atoms with van der Waals surface area (Å²) in [5.41, 5.74) is 2.72. The van der Waals surface area contributed by atoms with Crippen LogP contribution in [0, 0.1) is 0 Å². The number of nitrogens with one attached hydrogen (secondary N) is 2. The standard InChI is InChI=1S/C28H24N2O6/c1-33-25-17-19(7-11-23(25)29-27(31)13-9-21-5-3-15-35-21)20-8-12-24(26(18-20)34-2)30-28(32)14-10-22-6-4-16-36-22/h3-18H,1-2H3,(H,29,31)(H,30,32)/b13-9+,14-10+. The quantitative estimate of drug-likeness (QED) is 0.289. The minimum absolute atomic E-state index is 0.319. The molecule has 36 heavy (non-hydrogen) atoms. The molecule has 0 aliphatic rings. The Hall–Kier alpha value is -4.98. The second-order valence-electron chi connectivity index (χ2n) is 7.51. The zero-order valence-corrected chi connectivity index (χ0v) is 19.7. The number of ether oxygens (including phenoxy) is 2. The third-order valence-electron chi connectivity index (χ3n) is 5.14. The Morgan fingerprint density at radius 2 is 1.14 bits per heavy atom. The van der Waals surface area contributed by atoms with Crippen LogP contribution in [0.25, 0.3) is 23.3 Å². The molecule has 4 rings (SSSR count). The van der Waals surface area contributed by atoms with Gasteiger partial charge in [0.15, 0.2) is 0 Å². The normalized spacial score (nSPS) is 11.1. The van der Waals surface area contributed by atoms with Gasteiger partial charge >= 0.3 is 0 Å². The SMILES string of the molecule is COc1cc(-c2ccc(NC(=O)/C=C/c3ccco3)c(OC)c2)ccc1NC(=O)/C=C/c1ccco1. The van der Waals surface area contributed by atoms with Crippen molar-refractivity contribution in [3.05, 3.63) is 96.9 Å². The van der Waals surface area contributed by atoms with Crippen LogP contribution in [0.15, 0.2) is 94.2 Å². The van der Waals surface area contributed by atoms with Crippen LogP contribution in [0.1, 0.15) is 11.5 Å². The van der Waals surface area contributed by atoms with E-state index in [1.54, 1.807) is 48.6 Å². The maximum absolute atomic E-state index is 12.3. The maximum atomic E-state index is 12.3. The van der Waals surface area contributed by atoms with Crippen LogP contribution in [-0.2, 0) is 9.59 Å². The molecular weight excluding hydrogens is 460 g/mol. The van der Waals surface area contributed by atoms with E-state index < -0.39 is 0 Å². The minimum Gasteiger partial charge on any atom is -0.495 e. The van der Waals surface area contributed by atoms with Crippen LogP contribution in [0.4, 0.5) is 11.4 Å². The smallest absolute Gasteiger partial charge is 0.248 e. The van der Waals surface area contributed by atoms with Crippen molar-refractivity contribution in [3.8, 4) is 22.6 Å². The van der Waals surface area contributed by atoms with Gasteiger partial charge in [-0.25, -0.2) is 0 Å². The second-order valence-corrected chi connectivity index (χ2v) is 7.51. The summed E-state index contributed by atoms with van der Waals surface area (Å²) in [7, 11) is 3.06. The van der Waals surface area contributed by atoms with Crippen molar-refractivity contribution < 1.29 is 27.9 Å². The number of hydrogen-bond donors (Lipinski definition) is 2. The maximum Gasteiger partial charge on any atom is 0.248 e. The lowest BCUT2D eigenvalue weighted by Gasteiger charge is -2.14. The first kappa shape index (κ1) is 24.2. The van der Waals surface area contributed by atoms with Gasteiger partial charge < -0.3 is 28.9 Å². The van der Waals surface area contributed by atoms with Crippen molar-refractivity contribution in [2.45, 2.75) is 0 Å². The summed E-state index contributed by atoms with van der Waals surface area (Å²) < 4.78 is 21.4. The van der Waals surface area contributed by atoms with E-state index in [0.29, 0.717) is 34.4 Å². The van der Waals surface area contributed by atoms with Crippen LogP contribution in [0.2, 0.25) is 0 Å². The molecule has 0 aliphatic carbocycles. The second kappa shape index (κ2) is 11.4. The molecule has 2 aromatic carbocycles. The average molecular weight is 485 g/mol. The topological polar surface area (TPSA) is 103 Å². The van der Waals surface area contributed by atoms with Crippen LogP contribution in [0.5, 0.6) is 11.5 Å². The molecule has 0 radical (unpaired) electrons. The molecule has 2 aromatic heterocycles. The molecule has 2 heterocycles. The van der Waals surface area contributed by atoms with E-state index in [0.717, 1.165) is 11.1 Å². The summed E-state index contributed by atoms with van der Waals surface area (Å²) >= 11 is 0. The monoisotopic (exact) mass is 484 g/mol. The fourth-order valence-electron chi connectivity index (χ4n) is 3.38. The highest BCUT2D eigenvalue weighted by atomic mass is 16.5. The first-order chi connectivity index (χ1) is 17.6. The van der Waals surface area contributed by atoms with Gasteiger partial charge in [-0.05, 0) is 71.8 Å². The molecule has 0 saturated carbocycles. The molecule has 0 atom stereocenters. The number of anilines is 2. The molecule has 0 saturated heterocycles. The van der Waals surface area contributed by atoms with Crippen LogP contribution in [-0.4, -0.2) is 26.0 Å². The highest BCUT2D eigenvalue weighted by molar-refractivity contribution is 6.03. The Bertz CT molecular complexity index is 1280. The summed E-state index contributed by atoms with van der Waals surface area (Å²) in [6, 6.07) is 17.8. The first-order valence-corrected chi connectivity index (χ1v) is 11.0. The van der Waals surface area contributed by atoms with Gasteiger partial charge in [0.2, 0.25) is 11.8 Å². The van der Waals surface area contributed by atoms with Crippen molar-refractivity contribution in [1.29, 1.82) is 0 Å². The third kappa shape index (κ3) is 6.12. The van der Waals surface area contributed by atoms with Gasteiger partial charge in [0.05, 0.1) is 38.1 Å². The van der Waals surface area contributed by atoms with Gasteiger partial charge in [-0.15, -0.1) is 0 Å². The summed E-state index contributed by atoms with van der Waals surface area (Å²) in [6.45, 7) is 0. The van der Waals surface area contributed by atoms with Crippen molar-refractivity contribution in [1.82, 2.24) is 0 Å². The molecule has 0 unspecified atom stereocenters. The van der Waals surface area contributed by atoms with Crippen molar-refractivity contribution >= 4 is 35.3 Å². The van der Waals surface area contributed by atoms with Gasteiger partial charge in [-0.2, -0.15) is 0 Å². The van der Waals surface area contributed by atoms with Gasteiger partial charge in [0.1, 0.15) is 23.0 Å². The number of methoxy groups -OCH3 is 2. The summed E-state index contributed by atoms with van der Waals surface area (Å²) in [4.78, 5) is 24.6. The van der Waals surface area contributed by atoms with E-state index >= 15 is 0 Å². The third-order valence-corrected chi connectivity index (χ3v) is 5.14. The van der Waals surface area contributed by atoms with Crippen LogP contribution >= 0.6 is 0 Å². The molecule has 0 fully saturated rings. The highest BCUT2D eigenvalue weighted by Crippen LogP contribution is 2.35. The number of benzene rings is 2. The van der Waals surface area contributed by atoms with Crippen LogP contribution in [0.3, 0.4) is 0 Å². The van der Waals surface area contributed by atoms with Gasteiger partial charge in [-0.3, -0.25) is 9.59 Å². The number of carbonyl (C=O) groups excluding carboxylic acids is 2. The summed E-state index contributed by atoms with van der Waals surface area (Å²) in [6.07, 6.45) is 9.00. The molecule has 0 aliphatic heterocycles. The predicted octanol–water partition coefficient (Wildman–Crippen LogP) is 5.86. The highest BCUT2D eigenvalue weighted by Gasteiger charge is 2.12.